The van der Waals surface area contributed by atoms with Gasteiger partial charge in [0.2, 0.25) is 5.36 Å². The van der Waals surface area contributed by atoms with E-state index in [0.29, 0.717) is 11.5 Å². The molecule has 0 atom stereocenters. The molecule has 3 aromatic rings. The third kappa shape index (κ3) is 6.82. The van der Waals surface area contributed by atoms with Gasteiger partial charge in [0, 0.05) is 12.0 Å². The van der Waals surface area contributed by atoms with Crippen LogP contribution in [0.15, 0.2) is 52.9 Å². The minimum atomic E-state index is -6.00. The summed E-state index contributed by atoms with van der Waals surface area (Å²) in [6.07, 6.45) is 2.29. The molecule has 0 saturated carbocycles. The maximum atomic E-state index is 9.75. The Kier molecular flexibility index (Phi) is 8.32. The molecule has 4 nitrogen and oxygen atoms in total. The molecule has 0 aliphatic rings. The first-order valence-electron chi connectivity index (χ1n) is 9.46. The number of rotatable bonds is 6. The summed E-state index contributed by atoms with van der Waals surface area (Å²) >= 11 is 0. The van der Waals surface area contributed by atoms with Gasteiger partial charge in [-0.25, -0.2) is 4.99 Å². The van der Waals surface area contributed by atoms with E-state index in [0.717, 1.165) is 47.0 Å². The highest BCUT2D eigenvalue weighted by atomic mass is 19.5. The molecule has 0 bridgehead atoms. The van der Waals surface area contributed by atoms with Gasteiger partial charge in [-0.3, -0.25) is 0 Å². The lowest BCUT2D eigenvalue weighted by molar-refractivity contribution is -0.499. The van der Waals surface area contributed by atoms with Crippen LogP contribution in [-0.2, 0) is 0 Å². The van der Waals surface area contributed by atoms with Crippen molar-refractivity contribution in [2.24, 2.45) is 0 Å². The standard InChI is InChI=1S/C21H23NO3.BF4/c1-4-5-12-22-17-14-20(25-18-9-7-6-8-16(17)18)15-10-11-19(23-2)21(13-15)24-3;2-1(3,4)5/h6-11,13-14H,4-5,12H2,1-3H3;/q;-1/p+1. The van der Waals surface area contributed by atoms with Crippen molar-refractivity contribution in [3.8, 4) is 22.8 Å². The zero-order chi connectivity index (χ0) is 22.1. The summed E-state index contributed by atoms with van der Waals surface area (Å²) in [5.74, 6) is 2.18. The monoisotopic (exact) mass is 425 g/mol. The Balaban J connectivity index is 0.000000575. The molecule has 1 N–H and O–H groups in total. The molecular formula is C21H24BF4NO3. The van der Waals surface area contributed by atoms with Crippen LogP contribution in [0.5, 0.6) is 11.5 Å². The second-order valence-corrected chi connectivity index (χ2v) is 6.37. The fraction of sp³-hybridized carbons (Fsp3) is 0.286. The second-order valence-electron chi connectivity index (χ2n) is 6.37. The van der Waals surface area contributed by atoms with Crippen LogP contribution in [-0.4, -0.2) is 28.0 Å². The molecule has 1 aromatic heterocycles. The van der Waals surface area contributed by atoms with Gasteiger partial charge in [-0.05, 0) is 30.3 Å². The Morgan fingerprint density at radius 2 is 1.60 bits per heavy atom. The highest BCUT2D eigenvalue weighted by Crippen LogP contribution is 2.32. The van der Waals surface area contributed by atoms with E-state index in [1.54, 1.807) is 14.2 Å². The first-order valence-corrected chi connectivity index (χ1v) is 9.46. The van der Waals surface area contributed by atoms with E-state index in [1.807, 2.05) is 36.4 Å². The van der Waals surface area contributed by atoms with Crippen LogP contribution in [0.4, 0.5) is 17.3 Å². The van der Waals surface area contributed by atoms with E-state index in [4.69, 9.17) is 13.9 Å². The average Bonchev–Trinajstić information content (AvgIpc) is 2.72. The van der Waals surface area contributed by atoms with Crippen LogP contribution in [0.25, 0.3) is 22.3 Å². The molecule has 2 aromatic carbocycles. The molecule has 0 amide bonds. The lowest BCUT2D eigenvalue weighted by atomic mass is 10.1. The SMILES string of the molecule is CCCC[NH+]=c1cc(-c2ccc(OC)c(OC)c2)oc2ccccc12.F[B-](F)(F)F. The third-order valence-electron chi connectivity index (χ3n) is 4.19. The molecule has 30 heavy (non-hydrogen) atoms. The molecule has 0 saturated heterocycles. The maximum Gasteiger partial charge on any atom is 0.673 e. The fourth-order valence-electron chi connectivity index (χ4n) is 2.81. The molecular weight excluding hydrogens is 401 g/mol. The quantitative estimate of drug-likeness (QED) is 0.366. The summed E-state index contributed by atoms with van der Waals surface area (Å²) < 4.78 is 55.9. The number of para-hydroxylation sites is 1. The molecule has 0 aliphatic heterocycles. The number of hydrogen-bond acceptors (Lipinski definition) is 3. The predicted molar refractivity (Wildman–Crippen MR) is 109 cm³/mol. The number of ether oxygens (including phenoxy) is 2. The minimum Gasteiger partial charge on any atom is -0.493 e. The van der Waals surface area contributed by atoms with Crippen LogP contribution < -0.4 is 19.8 Å². The minimum absolute atomic E-state index is 0.684. The Bertz CT molecular complexity index is 1030. The number of benzene rings is 2. The smallest absolute Gasteiger partial charge is 0.493 e. The molecule has 0 radical (unpaired) electrons. The molecule has 3 rings (SSSR count). The van der Waals surface area contributed by atoms with Gasteiger partial charge in [0.25, 0.3) is 0 Å². The zero-order valence-electron chi connectivity index (χ0n) is 17.1. The molecule has 0 fully saturated rings. The van der Waals surface area contributed by atoms with Gasteiger partial charge in [-0.1, -0.05) is 25.5 Å². The number of methoxy groups -OCH3 is 2. The van der Waals surface area contributed by atoms with Crippen molar-refractivity contribution >= 4 is 18.2 Å². The predicted octanol–water partition coefficient (Wildman–Crippen LogP) is 4.20. The van der Waals surface area contributed by atoms with Gasteiger partial charge >= 0.3 is 7.25 Å². The maximum absolute atomic E-state index is 9.75. The third-order valence-corrected chi connectivity index (χ3v) is 4.19. The van der Waals surface area contributed by atoms with E-state index in [2.05, 4.69) is 24.0 Å². The normalized spacial score (nSPS) is 11.8. The fourth-order valence-corrected chi connectivity index (χ4v) is 2.81. The lowest BCUT2D eigenvalue weighted by Crippen LogP contribution is -2.76. The molecule has 162 valence electrons. The molecule has 0 unspecified atom stereocenters. The Hall–Kier alpha value is -2.97. The van der Waals surface area contributed by atoms with Gasteiger partial charge in [0.1, 0.15) is 17.9 Å². The number of nitrogens with one attached hydrogen (secondary N) is 1. The van der Waals surface area contributed by atoms with E-state index in [1.165, 1.54) is 0 Å². The average molecular weight is 425 g/mol. The van der Waals surface area contributed by atoms with Gasteiger partial charge in [-0.2, -0.15) is 0 Å². The summed E-state index contributed by atoms with van der Waals surface area (Å²) in [4.78, 5) is 3.53. The van der Waals surface area contributed by atoms with Gasteiger partial charge < -0.3 is 31.2 Å². The van der Waals surface area contributed by atoms with Crippen LogP contribution in [0.3, 0.4) is 0 Å². The zero-order valence-corrected chi connectivity index (χ0v) is 17.1. The topological polar surface area (TPSA) is 45.6 Å². The van der Waals surface area contributed by atoms with E-state index in [-0.39, 0.29) is 0 Å². The summed E-state index contributed by atoms with van der Waals surface area (Å²) in [5.41, 5.74) is 1.80. The van der Waals surface area contributed by atoms with Crippen molar-refractivity contribution in [3.05, 3.63) is 53.9 Å². The number of hydrogen-bond donors (Lipinski definition) is 1. The lowest BCUT2D eigenvalue weighted by Gasteiger charge is -2.09. The summed E-state index contributed by atoms with van der Waals surface area (Å²) in [5, 5.41) is 2.17. The van der Waals surface area contributed by atoms with Crippen molar-refractivity contribution in [2.75, 3.05) is 20.8 Å². The van der Waals surface area contributed by atoms with Crippen LogP contribution in [0.1, 0.15) is 19.8 Å². The highest BCUT2D eigenvalue weighted by Gasteiger charge is 2.20. The Morgan fingerprint density at radius 3 is 2.23 bits per heavy atom. The highest BCUT2D eigenvalue weighted by molar-refractivity contribution is 6.50. The van der Waals surface area contributed by atoms with Crippen LogP contribution >= 0.6 is 0 Å². The van der Waals surface area contributed by atoms with E-state index in [9.17, 15) is 17.3 Å². The molecule has 0 aliphatic carbocycles. The van der Waals surface area contributed by atoms with Crippen LogP contribution in [0.2, 0.25) is 0 Å². The Morgan fingerprint density at radius 1 is 0.933 bits per heavy atom. The van der Waals surface area contributed by atoms with Crippen molar-refractivity contribution in [1.82, 2.24) is 0 Å². The summed E-state index contributed by atoms with van der Waals surface area (Å²) in [6, 6.07) is 15.9. The summed E-state index contributed by atoms with van der Waals surface area (Å²) in [6.45, 7) is 3.13. The largest absolute Gasteiger partial charge is 0.673 e. The van der Waals surface area contributed by atoms with Crippen molar-refractivity contribution in [3.63, 3.8) is 0 Å². The summed E-state index contributed by atoms with van der Waals surface area (Å²) in [7, 11) is -2.73. The Labute approximate surface area is 172 Å². The first kappa shape index (κ1) is 23.3. The van der Waals surface area contributed by atoms with Gasteiger partial charge in [-0.15, -0.1) is 0 Å². The van der Waals surface area contributed by atoms with Gasteiger partial charge in [0.15, 0.2) is 11.5 Å². The second kappa shape index (κ2) is 10.7. The van der Waals surface area contributed by atoms with Crippen molar-refractivity contribution in [1.29, 1.82) is 0 Å². The van der Waals surface area contributed by atoms with Gasteiger partial charge in [0.05, 0.1) is 25.7 Å². The number of fused-ring (bicyclic) bond motifs is 1. The number of halogens is 4. The molecule has 9 heteroatoms. The van der Waals surface area contributed by atoms with Crippen molar-refractivity contribution < 1.29 is 36.1 Å². The van der Waals surface area contributed by atoms with E-state index >= 15 is 0 Å². The first-order chi connectivity index (χ1) is 14.3. The van der Waals surface area contributed by atoms with Crippen LogP contribution in [0, 0.1) is 0 Å². The molecule has 1 heterocycles. The molecule has 0 spiro atoms. The number of unbranched alkanes of at least 4 members (excludes halogenated alkanes) is 1. The van der Waals surface area contributed by atoms with E-state index < -0.39 is 7.25 Å². The van der Waals surface area contributed by atoms with Crippen molar-refractivity contribution in [2.45, 2.75) is 19.8 Å².